The van der Waals surface area contributed by atoms with Crippen LogP contribution in [0.25, 0.3) is 50.4 Å². The van der Waals surface area contributed by atoms with Crippen molar-refractivity contribution in [3.63, 3.8) is 0 Å². The van der Waals surface area contributed by atoms with E-state index in [9.17, 15) is 0 Å². The van der Waals surface area contributed by atoms with Crippen molar-refractivity contribution in [3.8, 4) is 0 Å². The molecule has 6 nitrogen and oxygen atoms in total. The summed E-state index contributed by atoms with van der Waals surface area (Å²) in [7, 11) is 2.76. The van der Waals surface area contributed by atoms with Crippen LogP contribution in [-0.4, -0.2) is 79.7 Å². The molecule has 0 N–H and O–H groups in total. The fraction of sp³-hybridized carbons (Fsp3) is 0. The molecule has 4 aromatic heterocycles. The number of nitrogens with zero attached hydrogens (tertiary/aromatic N) is 6. The van der Waals surface area contributed by atoms with E-state index in [-0.39, 0.29) is 0 Å². The summed E-state index contributed by atoms with van der Waals surface area (Å²) in [5.41, 5.74) is 6.17. The van der Waals surface area contributed by atoms with Gasteiger partial charge in [-0.25, -0.2) is 0 Å². The van der Waals surface area contributed by atoms with E-state index in [0.717, 1.165) is 107 Å². The van der Waals surface area contributed by atoms with Crippen LogP contribution in [0.1, 0.15) is 0 Å². The van der Waals surface area contributed by atoms with Gasteiger partial charge in [0.05, 0.1) is 0 Å². The minimum atomic E-state index is 0.779. The third-order valence-electron chi connectivity index (χ3n) is 5.58. The van der Waals surface area contributed by atoms with Crippen LogP contribution in [0, 0.1) is 0 Å². The van der Waals surface area contributed by atoms with Crippen molar-refractivity contribution in [2.24, 2.45) is 0 Å². The standard InChI is InChI=1S/C21H11N6P.2Tl/c28-12-9-10-18-15(11-12)24-21-26-17-8-4-2-6-14(17)22-19(26)25-16-7-3-1-5-13(16)23-20(25)27(18)21;;/h3-11H,28H2;;. The Bertz CT molecular complexity index is 1600. The molecule has 0 bridgehead atoms. The summed E-state index contributed by atoms with van der Waals surface area (Å²) >= 11 is 1.56. The van der Waals surface area contributed by atoms with Gasteiger partial charge < -0.3 is 0 Å². The number of benzene rings is 3. The zero-order valence-electron chi connectivity index (χ0n) is 15.6. The van der Waals surface area contributed by atoms with Crippen LogP contribution in [0.3, 0.4) is 0 Å². The van der Waals surface area contributed by atoms with Gasteiger partial charge in [0.25, 0.3) is 0 Å². The second-order valence-corrected chi connectivity index (χ2v) is 13.3. The first-order valence-electron chi connectivity index (χ1n) is 9.43. The number of imidazole rings is 3. The van der Waals surface area contributed by atoms with Gasteiger partial charge in [0.2, 0.25) is 0 Å². The Morgan fingerprint density at radius 1 is 0.567 bits per heavy atom. The second-order valence-electron chi connectivity index (χ2n) is 7.49. The van der Waals surface area contributed by atoms with Gasteiger partial charge in [0.15, 0.2) is 0 Å². The molecule has 0 radical (unpaired) electrons. The van der Waals surface area contributed by atoms with Gasteiger partial charge in [-0.1, -0.05) is 0 Å². The van der Waals surface area contributed by atoms with Crippen molar-refractivity contribution in [1.82, 2.24) is 28.2 Å². The van der Waals surface area contributed by atoms with E-state index >= 15 is 0 Å². The molecule has 3 aromatic carbocycles. The Morgan fingerprint density at radius 3 is 1.43 bits per heavy atom. The molecule has 0 aliphatic heterocycles. The molecule has 0 aliphatic rings. The Labute approximate surface area is 203 Å². The van der Waals surface area contributed by atoms with Crippen LogP contribution in [-0.2, 0) is 0 Å². The van der Waals surface area contributed by atoms with Crippen LogP contribution in [0.2, 0.25) is 0 Å². The van der Waals surface area contributed by atoms with Crippen molar-refractivity contribution in [3.05, 3.63) is 54.6 Å². The first-order valence-corrected chi connectivity index (χ1v) is 14.5. The fourth-order valence-corrected chi connectivity index (χ4v) is 6.52. The normalized spacial score (nSPS) is 12.4. The Morgan fingerprint density at radius 2 is 0.967 bits per heavy atom. The third kappa shape index (κ3) is 2.32. The molecular formula is C21H11N6PTl2. The summed E-state index contributed by atoms with van der Waals surface area (Å²) < 4.78 is 9.23. The molecule has 7 rings (SSSR count). The third-order valence-corrected chi connectivity index (χ3v) is 8.73. The van der Waals surface area contributed by atoms with Crippen molar-refractivity contribution >= 4 is 123 Å². The molecule has 1 unspecified atom stereocenters. The molecular weight excluding hydrogens is 776 g/mol. The van der Waals surface area contributed by atoms with Crippen LogP contribution in [0.4, 0.5) is 0 Å². The minimum absolute atomic E-state index is 0.779. The van der Waals surface area contributed by atoms with E-state index in [4.69, 9.17) is 15.0 Å². The molecule has 1 atom stereocenters. The van der Waals surface area contributed by atoms with E-state index < -0.39 is 0 Å². The van der Waals surface area contributed by atoms with Gasteiger partial charge in [-0.05, 0) is 0 Å². The van der Waals surface area contributed by atoms with Gasteiger partial charge in [-0.3, -0.25) is 0 Å². The predicted molar refractivity (Wildman–Crippen MR) is 125 cm³/mol. The quantitative estimate of drug-likeness (QED) is 0.172. The number of fused-ring (bicyclic) bond motifs is 12. The van der Waals surface area contributed by atoms with E-state index in [0.29, 0.717) is 0 Å². The van der Waals surface area contributed by atoms with Gasteiger partial charge in [0, 0.05) is 0 Å². The molecule has 9 heteroatoms. The van der Waals surface area contributed by atoms with Crippen molar-refractivity contribution in [1.29, 1.82) is 0 Å². The van der Waals surface area contributed by atoms with E-state index in [1.54, 1.807) is 0 Å². The zero-order valence-corrected chi connectivity index (χ0v) is 25.7. The van der Waals surface area contributed by atoms with Gasteiger partial charge in [0.1, 0.15) is 0 Å². The van der Waals surface area contributed by atoms with Gasteiger partial charge >= 0.3 is 206 Å². The van der Waals surface area contributed by atoms with Crippen molar-refractivity contribution in [2.75, 3.05) is 0 Å². The summed E-state index contributed by atoms with van der Waals surface area (Å²) in [5.74, 6) is 2.55. The monoisotopic (exact) mass is 788 g/mol. The molecule has 4 heterocycles. The maximum absolute atomic E-state index is 5.05. The average molecular weight is 787 g/mol. The summed E-state index contributed by atoms with van der Waals surface area (Å²) in [6.45, 7) is 0. The van der Waals surface area contributed by atoms with E-state index in [1.807, 2.05) is 0 Å². The maximum atomic E-state index is 5.05. The number of hydrogen-bond donors (Lipinski definition) is 0. The summed E-state index contributed by atoms with van der Waals surface area (Å²) in [6, 6.07) is 19.5. The van der Waals surface area contributed by atoms with Crippen molar-refractivity contribution in [2.45, 2.75) is 0 Å². The predicted octanol–water partition coefficient (Wildman–Crippen LogP) is 1.18. The number of rotatable bonds is 0. The molecule has 136 valence electrons. The Hall–Kier alpha value is -1.66. The van der Waals surface area contributed by atoms with Crippen LogP contribution >= 0.6 is 9.24 Å². The van der Waals surface area contributed by atoms with Crippen LogP contribution < -0.4 is 11.5 Å². The molecule has 0 saturated carbocycles. The average Bonchev–Trinajstić information content (AvgIpc) is 3.36. The summed E-state index contributed by atoms with van der Waals surface area (Å²) in [6.07, 6.45) is 0. The van der Waals surface area contributed by atoms with Crippen LogP contribution in [0.5, 0.6) is 0 Å². The topological polar surface area (TPSA) is 51.9 Å². The fourth-order valence-electron chi connectivity index (χ4n) is 4.30. The molecule has 0 aliphatic carbocycles. The Balaban J connectivity index is 1.88. The molecule has 7 aromatic rings. The van der Waals surface area contributed by atoms with Gasteiger partial charge in [-0.2, -0.15) is 0 Å². The zero-order chi connectivity index (χ0) is 20.1. The molecule has 30 heavy (non-hydrogen) atoms. The molecule has 0 saturated heterocycles. The van der Waals surface area contributed by atoms with E-state index in [2.05, 4.69) is 77.0 Å². The van der Waals surface area contributed by atoms with Gasteiger partial charge in [-0.15, -0.1) is 0 Å². The molecule has 0 fully saturated rings. The second kappa shape index (κ2) is 6.20. The summed E-state index contributed by atoms with van der Waals surface area (Å²) in [5, 5.41) is 1.12. The van der Waals surface area contributed by atoms with E-state index in [1.165, 1.54) is 6.25 Å². The molecule has 0 amide bonds. The first-order chi connectivity index (χ1) is 14.6. The van der Waals surface area contributed by atoms with Crippen molar-refractivity contribution < 1.29 is 0 Å². The first kappa shape index (κ1) is 18.0. The molecule has 0 spiro atoms. The number of aromatic nitrogens is 6. The number of hydrogen-bond acceptors (Lipinski definition) is 3. The Kier molecular flexibility index (Phi) is 3.71. The summed E-state index contributed by atoms with van der Waals surface area (Å²) in [4.78, 5) is 15.1. The SMILES string of the molecule is Pc1ccc2c(c1)nc1n2c2nc3c[c]([Tl])ccc3n2c2nc3c[c]([Tl])ccc3n12. The van der Waals surface area contributed by atoms with Crippen LogP contribution in [0.15, 0.2) is 54.6 Å².